The van der Waals surface area contributed by atoms with Crippen molar-refractivity contribution in [1.29, 1.82) is 0 Å². The van der Waals surface area contributed by atoms with Crippen molar-refractivity contribution >= 4 is 17.4 Å². The Morgan fingerprint density at radius 3 is 2.89 bits per heavy atom. The lowest BCUT2D eigenvalue weighted by molar-refractivity contribution is 0.0450. The second kappa shape index (κ2) is 5.75. The molecule has 1 aliphatic rings. The molecular weight excluding hydrogens is 250 g/mol. The highest BCUT2D eigenvalue weighted by Gasteiger charge is 2.31. The summed E-state index contributed by atoms with van der Waals surface area (Å²) in [6.07, 6.45) is 5.33. The van der Waals surface area contributed by atoms with Crippen LogP contribution in [0.3, 0.4) is 0 Å². The van der Waals surface area contributed by atoms with E-state index < -0.39 is 5.60 Å². The predicted molar refractivity (Wildman–Crippen MR) is 69.7 cm³/mol. The van der Waals surface area contributed by atoms with E-state index in [4.69, 9.17) is 0 Å². The summed E-state index contributed by atoms with van der Waals surface area (Å²) in [5.74, 6) is -0.159. The lowest BCUT2D eigenvalue weighted by atomic mass is 10.0. The minimum atomic E-state index is -0.710. The van der Waals surface area contributed by atoms with Gasteiger partial charge in [-0.2, -0.15) is 0 Å². The fraction of sp³-hybridized carbons (Fsp3) is 0.750. The molecule has 1 aromatic heterocycles. The molecule has 0 aliphatic heterocycles. The lowest BCUT2D eigenvalue weighted by Gasteiger charge is -2.22. The van der Waals surface area contributed by atoms with E-state index in [1.165, 1.54) is 0 Å². The number of rotatable bonds is 5. The number of aromatic nitrogens is 2. The number of hydrogen-bond donors (Lipinski definition) is 2. The molecule has 1 aromatic rings. The van der Waals surface area contributed by atoms with Gasteiger partial charge in [0, 0.05) is 6.54 Å². The summed E-state index contributed by atoms with van der Waals surface area (Å²) in [4.78, 5) is 12.6. The number of nitrogens with one attached hydrogen (secondary N) is 1. The van der Waals surface area contributed by atoms with Crippen molar-refractivity contribution < 1.29 is 9.90 Å². The smallest absolute Gasteiger partial charge is 0.265 e. The van der Waals surface area contributed by atoms with Gasteiger partial charge in [-0.05, 0) is 30.8 Å². The van der Waals surface area contributed by atoms with E-state index in [1.54, 1.807) is 0 Å². The van der Waals surface area contributed by atoms with Crippen LogP contribution in [0.15, 0.2) is 0 Å². The Balaban J connectivity index is 1.93. The Kier molecular flexibility index (Phi) is 4.29. The van der Waals surface area contributed by atoms with E-state index in [-0.39, 0.29) is 5.91 Å². The maximum Gasteiger partial charge on any atom is 0.265 e. The van der Waals surface area contributed by atoms with Gasteiger partial charge in [0.2, 0.25) is 0 Å². The zero-order chi connectivity index (χ0) is 13.0. The number of carbonyl (C=O) groups is 1. The Hall–Kier alpha value is -1.01. The van der Waals surface area contributed by atoms with Crippen LogP contribution in [0.5, 0.6) is 0 Å². The van der Waals surface area contributed by atoms with Crippen LogP contribution in [0, 0.1) is 0 Å². The van der Waals surface area contributed by atoms with Crippen molar-refractivity contribution in [2.45, 2.75) is 51.0 Å². The Morgan fingerprint density at radius 2 is 2.22 bits per heavy atom. The van der Waals surface area contributed by atoms with Crippen molar-refractivity contribution in [2.24, 2.45) is 0 Å². The zero-order valence-electron chi connectivity index (χ0n) is 10.6. The van der Waals surface area contributed by atoms with Gasteiger partial charge in [-0.15, -0.1) is 5.10 Å². The second-order valence-corrected chi connectivity index (χ2v) is 5.67. The third kappa shape index (κ3) is 3.05. The molecule has 100 valence electrons. The van der Waals surface area contributed by atoms with E-state index in [2.05, 4.69) is 14.9 Å². The standard InChI is InChI=1S/C12H19N3O2S/c1-2-5-9-10(18-15-14-9)11(16)13-8-12(17)6-3-4-7-12/h17H,2-8H2,1H3,(H,13,16). The SMILES string of the molecule is CCCc1nnsc1C(=O)NCC1(O)CCCC1. The molecule has 6 heteroatoms. The molecule has 1 fully saturated rings. The summed E-state index contributed by atoms with van der Waals surface area (Å²) < 4.78 is 3.83. The zero-order valence-corrected chi connectivity index (χ0v) is 11.4. The van der Waals surface area contributed by atoms with Crippen LogP contribution < -0.4 is 5.32 Å². The maximum atomic E-state index is 12.0. The topological polar surface area (TPSA) is 75.1 Å². The van der Waals surface area contributed by atoms with Crippen LogP contribution in [0.25, 0.3) is 0 Å². The van der Waals surface area contributed by atoms with Gasteiger partial charge in [0.25, 0.3) is 5.91 Å². The van der Waals surface area contributed by atoms with Crippen LogP contribution in [0.4, 0.5) is 0 Å². The van der Waals surface area contributed by atoms with E-state index >= 15 is 0 Å². The summed E-state index contributed by atoms with van der Waals surface area (Å²) in [6.45, 7) is 2.37. The molecule has 2 N–H and O–H groups in total. The van der Waals surface area contributed by atoms with Gasteiger partial charge in [-0.25, -0.2) is 0 Å². The van der Waals surface area contributed by atoms with E-state index in [1.807, 2.05) is 6.92 Å². The Labute approximate surface area is 111 Å². The van der Waals surface area contributed by atoms with Gasteiger partial charge in [-0.1, -0.05) is 30.7 Å². The second-order valence-electron chi connectivity index (χ2n) is 4.91. The average Bonchev–Trinajstić information content (AvgIpc) is 2.97. The largest absolute Gasteiger partial charge is 0.388 e. The monoisotopic (exact) mass is 269 g/mol. The van der Waals surface area contributed by atoms with Crippen molar-refractivity contribution in [1.82, 2.24) is 14.9 Å². The van der Waals surface area contributed by atoms with Crippen molar-refractivity contribution in [3.63, 3.8) is 0 Å². The first-order chi connectivity index (χ1) is 8.64. The van der Waals surface area contributed by atoms with Crippen molar-refractivity contribution in [3.8, 4) is 0 Å². The van der Waals surface area contributed by atoms with Crippen LogP contribution in [0.1, 0.15) is 54.4 Å². The number of aliphatic hydroxyl groups is 1. The molecule has 2 rings (SSSR count). The summed E-state index contributed by atoms with van der Waals surface area (Å²) in [5.41, 5.74) is 0.0528. The number of nitrogens with zero attached hydrogens (tertiary/aromatic N) is 2. The normalized spacial score (nSPS) is 17.9. The van der Waals surface area contributed by atoms with Gasteiger partial charge >= 0.3 is 0 Å². The highest BCUT2D eigenvalue weighted by molar-refractivity contribution is 7.08. The first-order valence-electron chi connectivity index (χ1n) is 6.46. The fourth-order valence-corrected chi connectivity index (χ4v) is 2.94. The Morgan fingerprint density at radius 1 is 1.50 bits per heavy atom. The van der Waals surface area contributed by atoms with Crippen molar-refractivity contribution in [3.05, 3.63) is 10.6 Å². The quantitative estimate of drug-likeness (QED) is 0.850. The molecule has 5 nitrogen and oxygen atoms in total. The minimum absolute atomic E-state index is 0.159. The van der Waals surface area contributed by atoms with Crippen LogP contribution in [-0.4, -0.2) is 32.7 Å². The summed E-state index contributed by atoms with van der Waals surface area (Å²) in [7, 11) is 0. The molecule has 0 bridgehead atoms. The molecule has 1 heterocycles. The minimum Gasteiger partial charge on any atom is -0.388 e. The third-order valence-electron chi connectivity index (χ3n) is 3.36. The number of hydrogen-bond acceptors (Lipinski definition) is 5. The summed E-state index contributed by atoms with van der Waals surface area (Å²) in [5, 5.41) is 16.9. The molecule has 0 atom stereocenters. The highest BCUT2D eigenvalue weighted by Crippen LogP contribution is 2.28. The molecule has 1 amide bonds. The molecule has 1 saturated carbocycles. The molecule has 1 aliphatic carbocycles. The molecule has 0 saturated heterocycles. The van der Waals surface area contributed by atoms with Crippen molar-refractivity contribution in [2.75, 3.05) is 6.54 Å². The summed E-state index contributed by atoms with van der Waals surface area (Å²) in [6, 6.07) is 0. The van der Waals surface area contributed by atoms with Crippen LogP contribution in [-0.2, 0) is 6.42 Å². The van der Waals surface area contributed by atoms with Crippen LogP contribution in [0.2, 0.25) is 0 Å². The number of aryl methyl sites for hydroxylation is 1. The third-order valence-corrected chi connectivity index (χ3v) is 4.13. The predicted octanol–water partition coefficient (Wildman–Crippen LogP) is 1.53. The first kappa shape index (κ1) is 13.4. The molecule has 0 aromatic carbocycles. The van der Waals surface area contributed by atoms with Gasteiger partial charge in [0.15, 0.2) is 0 Å². The molecular formula is C12H19N3O2S. The molecule has 0 radical (unpaired) electrons. The van der Waals surface area contributed by atoms with Gasteiger partial charge < -0.3 is 10.4 Å². The molecule has 0 unspecified atom stereocenters. The van der Waals surface area contributed by atoms with Gasteiger partial charge in [-0.3, -0.25) is 4.79 Å². The van der Waals surface area contributed by atoms with Gasteiger partial charge in [0.1, 0.15) is 4.88 Å². The number of amides is 1. The lowest BCUT2D eigenvalue weighted by Crippen LogP contribution is -2.40. The van der Waals surface area contributed by atoms with E-state index in [0.717, 1.165) is 55.8 Å². The highest BCUT2D eigenvalue weighted by atomic mass is 32.1. The Bertz CT molecular complexity index is 413. The first-order valence-corrected chi connectivity index (χ1v) is 7.24. The fourth-order valence-electron chi connectivity index (χ4n) is 2.32. The van der Waals surface area contributed by atoms with Gasteiger partial charge in [0.05, 0.1) is 11.3 Å². The summed E-state index contributed by atoms with van der Waals surface area (Å²) >= 11 is 1.12. The average molecular weight is 269 g/mol. The van der Waals surface area contributed by atoms with E-state index in [9.17, 15) is 9.90 Å². The number of carbonyl (C=O) groups excluding carboxylic acids is 1. The molecule has 0 spiro atoms. The van der Waals surface area contributed by atoms with Crippen LogP contribution >= 0.6 is 11.5 Å². The molecule has 18 heavy (non-hydrogen) atoms. The van der Waals surface area contributed by atoms with E-state index in [0.29, 0.717) is 11.4 Å². The maximum absolute atomic E-state index is 12.0.